The van der Waals surface area contributed by atoms with Gasteiger partial charge in [-0.15, -0.1) is 5.10 Å². The third-order valence-electron chi connectivity index (χ3n) is 4.36. The lowest BCUT2D eigenvalue weighted by Gasteiger charge is -2.09. The fraction of sp³-hybridized carbons (Fsp3) is 0.238. The Kier molecular flexibility index (Phi) is 6.43. The first-order chi connectivity index (χ1) is 13.8. The average Bonchev–Trinajstić information content (AvgIpc) is 3.08. The molecule has 1 heterocycles. The van der Waals surface area contributed by atoms with Crippen molar-refractivity contribution in [1.82, 2.24) is 20.3 Å². The van der Waals surface area contributed by atoms with Crippen LogP contribution in [0.15, 0.2) is 53.0 Å². The van der Waals surface area contributed by atoms with Crippen molar-refractivity contribution in [2.45, 2.75) is 27.3 Å². The number of nitrogens with one attached hydrogen (secondary N) is 2. The van der Waals surface area contributed by atoms with Crippen LogP contribution in [0.5, 0.6) is 0 Å². The van der Waals surface area contributed by atoms with Crippen LogP contribution in [-0.4, -0.2) is 26.8 Å². The minimum atomic E-state index is -0.291. The van der Waals surface area contributed by atoms with E-state index >= 15 is 0 Å². The number of aromatic nitrogens is 3. The minimum Gasteiger partial charge on any atom is -0.347 e. The van der Waals surface area contributed by atoms with Crippen LogP contribution < -0.4 is 10.6 Å². The van der Waals surface area contributed by atoms with E-state index in [1.165, 1.54) is 0 Å². The smallest absolute Gasteiger partial charge is 0.274 e. The summed E-state index contributed by atoms with van der Waals surface area (Å²) in [5, 5.41) is 13.8. The molecule has 0 bridgehead atoms. The van der Waals surface area contributed by atoms with Crippen LogP contribution in [0.2, 0.25) is 0 Å². The predicted molar refractivity (Wildman–Crippen MR) is 115 cm³/mol. The van der Waals surface area contributed by atoms with Crippen molar-refractivity contribution in [3.8, 4) is 5.69 Å². The first kappa shape index (κ1) is 20.7. The molecule has 2 N–H and O–H groups in total. The first-order valence-electron chi connectivity index (χ1n) is 9.21. The zero-order valence-corrected chi connectivity index (χ0v) is 18.0. The number of anilines is 1. The van der Waals surface area contributed by atoms with Crippen molar-refractivity contribution in [1.29, 1.82) is 0 Å². The molecule has 0 aliphatic heterocycles. The highest BCUT2D eigenvalue weighted by molar-refractivity contribution is 9.10. The minimum absolute atomic E-state index is 0.0324. The highest BCUT2D eigenvalue weighted by Gasteiger charge is 2.17. The fourth-order valence-electron chi connectivity index (χ4n) is 2.65. The number of halogens is 1. The molecule has 2 aromatic carbocycles. The summed E-state index contributed by atoms with van der Waals surface area (Å²) in [5.74, 6) is -0.404. The van der Waals surface area contributed by atoms with Crippen molar-refractivity contribution in [3.63, 3.8) is 0 Å². The van der Waals surface area contributed by atoms with Crippen molar-refractivity contribution < 1.29 is 9.59 Å². The maximum absolute atomic E-state index is 12.5. The number of carbonyl (C=O) groups excluding carboxylic acids is 2. The van der Waals surface area contributed by atoms with Gasteiger partial charge in [0.1, 0.15) is 0 Å². The SMILES string of the molecule is Cc1c(C(=O)NCc2ccc(NC(=O)C(C)C)cc2)nnn1-c1cccc(Br)c1. The number of hydrogen-bond donors (Lipinski definition) is 2. The van der Waals surface area contributed by atoms with E-state index in [1.807, 2.05) is 69.3 Å². The maximum Gasteiger partial charge on any atom is 0.274 e. The van der Waals surface area contributed by atoms with Gasteiger partial charge in [0.15, 0.2) is 5.69 Å². The van der Waals surface area contributed by atoms with Crippen molar-refractivity contribution in [3.05, 3.63) is 70.0 Å². The Morgan fingerprint density at radius 1 is 1.14 bits per heavy atom. The number of amides is 2. The fourth-order valence-corrected chi connectivity index (χ4v) is 3.04. The van der Waals surface area contributed by atoms with Gasteiger partial charge in [-0.1, -0.05) is 53.2 Å². The van der Waals surface area contributed by atoms with E-state index in [-0.39, 0.29) is 23.4 Å². The molecule has 0 unspecified atom stereocenters. The Hall–Kier alpha value is -3.00. The molecule has 0 aliphatic rings. The summed E-state index contributed by atoms with van der Waals surface area (Å²) in [5.41, 5.74) is 3.41. The average molecular weight is 456 g/mol. The van der Waals surface area contributed by atoms with E-state index in [4.69, 9.17) is 0 Å². The van der Waals surface area contributed by atoms with Gasteiger partial charge >= 0.3 is 0 Å². The van der Waals surface area contributed by atoms with Crippen molar-refractivity contribution >= 4 is 33.4 Å². The number of rotatable bonds is 6. The molecule has 0 atom stereocenters. The predicted octanol–water partition coefficient (Wildman–Crippen LogP) is 3.86. The van der Waals surface area contributed by atoms with Crippen LogP contribution >= 0.6 is 15.9 Å². The molecule has 0 saturated carbocycles. The highest BCUT2D eigenvalue weighted by atomic mass is 79.9. The van der Waals surface area contributed by atoms with Gasteiger partial charge in [0.2, 0.25) is 5.91 Å². The quantitative estimate of drug-likeness (QED) is 0.590. The molecule has 8 heteroatoms. The molecule has 3 aromatic rings. The van der Waals surface area contributed by atoms with Gasteiger partial charge in [0.05, 0.1) is 11.4 Å². The topological polar surface area (TPSA) is 88.9 Å². The summed E-state index contributed by atoms with van der Waals surface area (Å²) in [6.07, 6.45) is 0. The first-order valence-corrected chi connectivity index (χ1v) is 10.0. The zero-order chi connectivity index (χ0) is 21.0. The van der Waals surface area contributed by atoms with Crippen LogP contribution in [0.4, 0.5) is 5.69 Å². The molecule has 2 amide bonds. The Labute approximate surface area is 177 Å². The standard InChI is InChI=1S/C21H22BrN5O2/c1-13(2)20(28)24-17-9-7-15(8-10-17)12-23-21(29)19-14(3)27(26-25-19)18-6-4-5-16(22)11-18/h4-11,13H,12H2,1-3H3,(H,23,29)(H,24,28). The molecule has 7 nitrogen and oxygen atoms in total. The highest BCUT2D eigenvalue weighted by Crippen LogP contribution is 2.17. The van der Waals surface area contributed by atoms with Gasteiger partial charge in [-0.3, -0.25) is 9.59 Å². The number of nitrogens with zero attached hydrogens (tertiary/aromatic N) is 3. The molecule has 150 valence electrons. The molecule has 1 aromatic heterocycles. The lowest BCUT2D eigenvalue weighted by atomic mass is 10.1. The molecular weight excluding hydrogens is 434 g/mol. The maximum atomic E-state index is 12.5. The third kappa shape index (κ3) is 5.08. The summed E-state index contributed by atoms with van der Waals surface area (Å²) < 4.78 is 2.55. The van der Waals surface area contributed by atoms with Crippen LogP contribution in [0, 0.1) is 12.8 Å². The number of hydrogen-bond acceptors (Lipinski definition) is 4. The third-order valence-corrected chi connectivity index (χ3v) is 4.85. The van der Waals surface area contributed by atoms with E-state index in [0.29, 0.717) is 12.2 Å². The zero-order valence-electron chi connectivity index (χ0n) is 16.4. The molecule has 0 spiro atoms. The van der Waals surface area contributed by atoms with Crippen LogP contribution in [0.25, 0.3) is 5.69 Å². The van der Waals surface area contributed by atoms with E-state index in [9.17, 15) is 9.59 Å². The molecule has 0 fully saturated rings. The lowest BCUT2D eigenvalue weighted by Crippen LogP contribution is -2.24. The number of benzene rings is 2. The Balaban J connectivity index is 1.63. The van der Waals surface area contributed by atoms with Crippen LogP contribution in [0.3, 0.4) is 0 Å². The molecule has 29 heavy (non-hydrogen) atoms. The second-order valence-electron chi connectivity index (χ2n) is 6.94. The van der Waals surface area contributed by atoms with E-state index in [0.717, 1.165) is 21.4 Å². The van der Waals surface area contributed by atoms with Gasteiger partial charge in [-0.25, -0.2) is 4.68 Å². The van der Waals surface area contributed by atoms with Crippen molar-refractivity contribution in [2.24, 2.45) is 5.92 Å². The van der Waals surface area contributed by atoms with Gasteiger partial charge in [0.25, 0.3) is 5.91 Å². The molecule has 0 aliphatic carbocycles. The Morgan fingerprint density at radius 2 is 1.86 bits per heavy atom. The molecule has 0 saturated heterocycles. The summed E-state index contributed by atoms with van der Waals surface area (Å²) in [4.78, 5) is 24.3. The van der Waals surface area contributed by atoms with Gasteiger partial charge in [-0.2, -0.15) is 0 Å². The second-order valence-corrected chi connectivity index (χ2v) is 7.85. The van der Waals surface area contributed by atoms with Gasteiger partial charge < -0.3 is 10.6 Å². The monoisotopic (exact) mass is 455 g/mol. The largest absolute Gasteiger partial charge is 0.347 e. The van der Waals surface area contributed by atoms with Gasteiger partial charge in [0, 0.05) is 22.6 Å². The van der Waals surface area contributed by atoms with Crippen molar-refractivity contribution in [2.75, 3.05) is 5.32 Å². The number of carbonyl (C=O) groups is 2. The second kappa shape index (κ2) is 9.00. The summed E-state index contributed by atoms with van der Waals surface area (Å²) in [7, 11) is 0. The van der Waals surface area contributed by atoms with Crippen LogP contribution in [-0.2, 0) is 11.3 Å². The summed E-state index contributed by atoms with van der Waals surface area (Å²) in [6, 6.07) is 15.0. The summed E-state index contributed by atoms with van der Waals surface area (Å²) in [6.45, 7) is 5.84. The molecular formula is C21H22BrN5O2. The van der Waals surface area contributed by atoms with E-state index in [1.54, 1.807) is 4.68 Å². The summed E-state index contributed by atoms with van der Waals surface area (Å²) >= 11 is 3.43. The van der Waals surface area contributed by atoms with E-state index < -0.39 is 0 Å². The normalized spacial score (nSPS) is 10.8. The Bertz CT molecular complexity index is 1030. The lowest BCUT2D eigenvalue weighted by molar-refractivity contribution is -0.118. The Morgan fingerprint density at radius 3 is 2.52 bits per heavy atom. The van der Waals surface area contributed by atoms with Crippen LogP contribution in [0.1, 0.15) is 35.6 Å². The molecule has 3 rings (SSSR count). The van der Waals surface area contributed by atoms with Gasteiger partial charge in [-0.05, 0) is 42.8 Å². The van der Waals surface area contributed by atoms with E-state index in [2.05, 4.69) is 36.9 Å². The molecule has 0 radical (unpaired) electrons.